The molecule has 0 aromatic heterocycles. The Hall–Kier alpha value is -1.66. The fourth-order valence-corrected chi connectivity index (χ4v) is 2.05. The molecule has 0 aliphatic heterocycles. The summed E-state index contributed by atoms with van der Waals surface area (Å²) < 4.78 is 27.3. The summed E-state index contributed by atoms with van der Waals surface area (Å²) in [6.07, 6.45) is 0. The number of rotatable bonds is 2. The van der Waals surface area contributed by atoms with E-state index in [1.54, 1.807) is 18.2 Å². The summed E-state index contributed by atoms with van der Waals surface area (Å²) in [5.41, 5.74) is 4.95. The van der Waals surface area contributed by atoms with Crippen LogP contribution in [0.2, 0.25) is 5.02 Å². The van der Waals surface area contributed by atoms with E-state index in [0.29, 0.717) is 16.2 Å². The van der Waals surface area contributed by atoms with Gasteiger partial charge in [0.25, 0.3) is 5.91 Å². The minimum Gasteiger partial charge on any atom is -0.396 e. The van der Waals surface area contributed by atoms with Crippen LogP contribution in [-0.2, 0) is 0 Å². The Morgan fingerprint density at radius 1 is 1.20 bits per heavy atom. The fraction of sp³-hybridized carbons (Fsp3) is 0. The zero-order valence-electron chi connectivity index (χ0n) is 9.88. The molecule has 3 N–H and O–H groups in total. The molecule has 0 saturated carbocycles. The average Bonchev–Trinajstić information content (AvgIpc) is 2.38. The van der Waals surface area contributed by atoms with Crippen LogP contribution in [0.15, 0.2) is 34.8 Å². The van der Waals surface area contributed by atoms with E-state index in [2.05, 4.69) is 21.2 Å². The van der Waals surface area contributed by atoms with Crippen molar-refractivity contribution in [2.45, 2.75) is 0 Å². The fourth-order valence-electron chi connectivity index (χ4n) is 1.52. The van der Waals surface area contributed by atoms with Gasteiger partial charge in [0.15, 0.2) is 0 Å². The van der Waals surface area contributed by atoms with Crippen molar-refractivity contribution >= 4 is 44.8 Å². The molecule has 0 unspecified atom stereocenters. The number of anilines is 2. The summed E-state index contributed by atoms with van der Waals surface area (Å²) in [5.74, 6) is -2.69. The molecule has 3 nitrogen and oxygen atoms in total. The van der Waals surface area contributed by atoms with Gasteiger partial charge in [-0.2, -0.15) is 0 Å². The molecule has 0 heterocycles. The molecular weight excluding hydrogens is 354 g/mol. The number of nitrogens with one attached hydrogen (secondary N) is 1. The van der Waals surface area contributed by atoms with Crippen LogP contribution in [0.3, 0.4) is 0 Å². The van der Waals surface area contributed by atoms with Crippen LogP contribution >= 0.6 is 27.5 Å². The normalized spacial score (nSPS) is 10.4. The lowest BCUT2D eigenvalue weighted by molar-refractivity contribution is 0.102. The predicted octanol–water partition coefficient (Wildman–Crippen LogP) is 4.22. The monoisotopic (exact) mass is 360 g/mol. The molecule has 2 aromatic rings. The molecule has 20 heavy (non-hydrogen) atoms. The van der Waals surface area contributed by atoms with E-state index < -0.39 is 17.5 Å². The van der Waals surface area contributed by atoms with Gasteiger partial charge in [-0.1, -0.05) is 27.5 Å². The maximum atomic E-state index is 13.6. The van der Waals surface area contributed by atoms with Gasteiger partial charge in [0.1, 0.15) is 11.6 Å². The summed E-state index contributed by atoms with van der Waals surface area (Å²) >= 11 is 9.13. The number of carbonyl (C=O) groups excluding carboxylic acids is 1. The number of nitrogens with two attached hydrogens (primary N) is 1. The van der Waals surface area contributed by atoms with E-state index in [0.717, 1.165) is 6.07 Å². The number of benzene rings is 2. The highest BCUT2D eigenvalue weighted by atomic mass is 79.9. The van der Waals surface area contributed by atoms with E-state index in [1.807, 2.05) is 0 Å². The zero-order valence-corrected chi connectivity index (χ0v) is 12.2. The Kier molecular flexibility index (Phi) is 4.25. The molecule has 7 heteroatoms. The number of amides is 1. The molecule has 0 radical (unpaired) electrons. The van der Waals surface area contributed by atoms with E-state index in [4.69, 9.17) is 17.3 Å². The number of halogens is 4. The van der Waals surface area contributed by atoms with Crippen LogP contribution in [0, 0.1) is 11.6 Å². The van der Waals surface area contributed by atoms with Crippen molar-refractivity contribution in [1.82, 2.24) is 0 Å². The summed E-state index contributed by atoms with van der Waals surface area (Å²) in [5, 5.41) is 2.72. The first kappa shape index (κ1) is 14.7. The number of hydrogen-bond donors (Lipinski definition) is 2. The van der Waals surface area contributed by atoms with Gasteiger partial charge in [-0.15, -0.1) is 0 Å². The first-order chi connectivity index (χ1) is 9.38. The van der Waals surface area contributed by atoms with Crippen molar-refractivity contribution in [2.24, 2.45) is 0 Å². The van der Waals surface area contributed by atoms with Crippen LogP contribution in [0.5, 0.6) is 0 Å². The molecule has 0 atom stereocenters. The summed E-state index contributed by atoms with van der Waals surface area (Å²) in [4.78, 5) is 12.0. The minimum atomic E-state index is -1.000. The van der Waals surface area contributed by atoms with Gasteiger partial charge in [-0.05, 0) is 24.3 Å². The third-order valence-corrected chi connectivity index (χ3v) is 3.33. The molecule has 0 spiro atoms. The van der Waals surface area contributed by atoms with Crippen LogP contribution in [-0.4, -0.2) is 5.91 Å². The molecule has 0 bridgehead atoms. The van der Waals surface area contributed by atoms with Crippen molar-refractivity contribution in [3.63, 3.8) is 0 Å². The van der Waals surface area contributed by atoms with Gasteiger partial charge in [0.05, 0.1) is 22.0 Å². The van der Waals surface area contributed by atoms with Gasteiger partial charge >= 0.3 is 0 Å². The minimum absolute atomic E-state index is 0.289. The second-order valence-electron chi connectivity index (χ2n) is 3.93. The molecule has 2 rings (SSSR count). The second-order valence-corrected chi connectivity index (χ2v) is 5.25. The van der Waals surface area contributed by atoms with E-state index in [9.17, 15) is 13.6 Å². The Morgan fingerprint density at radius 3 is 2.60 bits per heavy atom. The Morgan fingerprint density at radius 2 is 1.90 bits per heavy atom. The zero-order chi connectivity index (χ0) is 14.9. The Labute approximate surface area is 126 Å². The standard InChI is InChI=1S/C13H8BrClF2N2O/c14-6-1-2-8(15)12(3-6)19-13(20)7-4-11(18)10(17)5-9(7)16/h1-5H,18H2,(H,19,20). The molecule has 0 aliphatic rings. The maximum Gasteiger partial charge on any atom is 0.258 e. The topological polar surface area (TPSA) is 55.1 Å². The van der Waals surface area contributed by atoms with Crippen molar-refractivity contribution < 1.29 is 13.6 Å². The van der Waals surface area contributed by atoms with Gasteiger partial charge in [-0.25, -0.2) is 8.78 Å². The maximum absolute atomic E-state index is 13.6. The average molecular weight is 362 g/mol. The number of nitrogen functional groups attached to an aromatic ring is 1. The molecule has 0 fully saturated rings. The summed E-state index contributed by atoms with van der Waals surface area (Å²) in [7, 11) is 0. The lowest BCUT2D eigenvalue weighted by atomic mass is 10.1. The van der Waals surface area contributed by atoms with Gasteiger partial charge < -0.3 is 11.1 Å². The SMILES string of the molecule is Nc1cc(C(=O)Nc2cc(Br)ccc2Cl)c(F)cc1F. The third kappa shape index (κ3) is 3.08. The van der Waals surface area contributed by atoms with Crippen LogP contribution in [0.25, 0.3) is 0 Å². The molecular formula is C13H8BrClF2N2O. The van der Waals surface area contributed by atoms with Crippen LogP contribution < -0.4 is 11.1 Å². The number of hydrogen-bond acceptors (Lipinski definition) is 2. The molecule has 0 aliphatic carbocycles. The van der Waals surface area contributed by atoms with Crippen LogP contribution in [0.1, 0.15) is 10.4 Å². The molecule has 0 saturated heterocycles. The van der Waals surface area contributed by atoms with Crippen molar-refractivity contribution in [3.05, 3.63) is 57.0 Å². The molecule has 1 amide bonds. The van der Waals surface area contributed by atoms with E-state index in [1.165, 1.54) is 0 Å². The van der Waals surface area contributed by atoms with E-state index >= 15 is 0 Å². The Balaban J connectivity index is 2.33. The largest absolute Gasteiger partial charge is 0.396 e. The van der Waals surface area contributed by atoms with Gasteiger partial charge in [0.2, 0.25) is 0 Å². The summed E-state index contributed by atoms with van der Waals surface area (Å²) in [6.45, 7) is 0. The Bertz CT molecular complexity index is 694. The quantitative estimate of drug-likeness (QED) is 0.787. The lowest BCUT2D eigenvalue weighted by Gasteiger charge is -2.09. The third-order valence-electron chi connectivity index (χ3n) is 2.51. The first-order valence-electron chi connectivity index (χ1n) is 5.39. The van der Waals surface area contributed by atoms with Crippen LogP contribution in [0.4, 0.5) is 20.2 Å². The molecule has 104 valence electrons. The second kappa shape index (κ2) is 5.76. The highest BCUT2D eigenvalue weighted by Crippen LogP contribution is 2.27. The summed E-state index contributed by atoms with van der Waals surface area (Å²) in [6, 6.07) is 6.31. The highest BCUT2D eigenvalue weighted by molar-refractivity contribution is 9.10. The smallest absolute Gasteiger partial charge is 0.258 e. The van der Waals surface area contributed by atoms with Crippen molar-refractivity contribution in [3.8, 4) is 0 Å². The molecule has 2 aromatic carbocycles. The van der Waals surface area contributed by atoms with Gasteiger partial charge in [0, 0.05) is 10.5 Å². The number of carbonyl (C=O) groups is 1. The van der Waals surface area contributed by atoms with E-state index in [-0.39, 0.29) is 16.3 Å². The van der Waals surface area contributed by atoms with Crippen molar-refractivity contribution in [1.29, 1.82) is 0 Å². The lowest BCUT2D eigenvalue weighted by Crippen LogP contribution is -2.15. The van der Waals surface area contributed by atoms with Crippen molar-refractivity contribution in [2.75, 3.05) is 11.1 Å². The predicted molar refractivity (Wildman–Crippen MR) is 77.9 cm³/mol. The highest BCUT2D eigenvalue weighted by Gasteiger charge is 2.16. The first-order valence-corrected chi connectivity index (χ1v) is 6.56. The van der Waals surface area contributed by atoms with Gasteiger partial charge in [-0.3, -0.25) is 4.79 Å².